The van der Waals surface area contributed by atoms with Gasteiger partial charge in [-0.05, 0) is 59.3 Å². The lowest BCUT2D eigenvalue weighted by molar-refractivity contribution is 0.183. The van der Waals surface area contributed by atoms with Gasteiger partial charge in [0.15, 0.2) is 0 Å². The van der Waals surface area contributed by atoms with Gasteiger partial charge in [0.1, 0.15) is 23.0 Å². The van der Waals surface area contributed by atoms with Crippen LogP contribution >= 0.6 is 0 Å². The van der Waals surface area contributed by atoms with Crippen LogP contribution in [0.25, 0.3) is 0 Å². The van der Waals surface area contributed by atoms with Gasteiger partial charge in [-0.1, -0.05) is 53.9 Å². The number of fused-ring (bicyclic) bond motifs is 4. The van der Waals surface area contributed by atoms with Gasteiger partial charge in [0, 0.05) is 28.7 Å². The van der Waals surface area contributed by atoms with Crippen molar-refractivity contribution >= 4 is 0 Å². The maximum absolute atomic E-state index is 11.2. The normalized spacial score (nSPS) is 31.2. The van der Waals surface area contributed by atoms with Crippen LogP contribution in [0.4, 0.5) is 0 Å². The third-order valence-electron chi connectivity index (χ3n) is 8.36. The monoisotopic (exact) mass is 424 g/mol. The zero-order chi connectivity index (χ0) is 22.8. The van der Waals surface area contributed by atoms with Crippen LogP contribution in [0.2, 0.25) is 0 Å². The molecule has 4 unspecified atom stereocenters. The second kappa shape index (κ2) is 7.08. The van der Waals surface area contributed by atoms with Gasteiger partial charge in [-0.2, -0.15) is 0 Å². The number of aromatic hydroxyl groups is 4. The summed E-state index contributed by atoms with van der Waals surface area (Å²) in [5.41, 5.74) is 2.70. The first kappa shape index (κ1) is 21.9. The summed E-state index contributed by atoms with van der Waals surface area (Å²) in [5.74, 6) is 0.555. The van der Waals surface area contributed by atoms with E-state index in [4.69, 9.17) is 0 Å². The van der Waals surface area contributed by atoms with Crippen molar-refractivity contribution in [1.82, 2.24) is 0 Å². The van der Waals surface area contributed by atoms with E-state index in [1.807, 2.05) is 12.1 Å². The first-order chi connectivity index (χ1) is 14.6. The van der Waals surface area contributed by atoms with E-state index in [-0.39, 0.29) is 39.7 Å². The van der Waals surface area contributed by atoms with Crippen LogP contribution in [0.3, 0.4) is 0 Å². The lowest BCUT2D eigenvalue weighted by Crippen LogP contribution is -2.40. The first-order valence-electron chi connectivity index (χ1n) is 11.7. The Labute approximate surface area is 185 Å². The number of phenols is 4. The smallest absolute Gasteiger partial charge is 0.123 e. The SMILES string of the molecule is CCCC1(C)CC2(c3cc(O)cc(O)c31)c1c(O)cc(O)cc1C(C)(CCC)C2CC. The van der Waals surface area contributed by atoms with Crippen molar-refractivity contribution in [2.24, 2.45) is 5.92 Å². The van der Waals surface area contributed by atoms with Crippen LogP contribution in [0.5, 0.6) is 23.0 Å². The fraction of sp³-hybridized carbons (Fsp3) is 0.556. The molecule has 168 valence electrons. The highest BCUT2D eigenvalue weighted by molar-refractivity contribution is 5.68. The molecule has 0 radical (unpaired) electrons. The molecule has 1 spiro atoms. The Morgan fingerprint density at radius 2 is 1.32 bits per heavy atom. The summed E-state index contributed by atoms with van der Waals surface area (Å²) in [6.07, 6.45) is 5.48. The summed E-state index contributed by atoms with van der Waals surface area (Å²) in [4.78, 5) is 0. The van der Waals surface area contributed by atoms with Crippen LogP contribution in [0.15, 0.2) is 24.3 Å². The summed E-state index contributed by atoms with van der Waals surface area (Å²) < 4.78 is 0. The fourth-order valence-corrected chi connectivity index (χ4v) is 7.76. The lowest BCUT2D eigenvalue weighted by atomic mass is 9.61. The molecule has 2 aromatic carbocycles. The quantitative estimate of drug-likeness (QED) is 0.450. The first-order valence-corrected chi connectivity index (χ1v) is 11.7. The van der Waals surface area contributed by atoms with E-state index in [0.29, 0.717) is 0 Å². The second-order valence-corrected chi connectivity index (χ2v) is 10.4. The number of benzene rings is 2. The molecule has 4 rings (SSSR count). The molecule has 0 saturated carbocycles. The van der Waals surface area contributed by atoms with E-state index < -0.39 is 5.41 Å². The van der Waals surface area contributed by atoms with Gasteiger partial charge in [-0.3, -0.25) is 0 Å². The van der Waals surface area contributed by atoms with Crippen LogP contribution < -0.4 is 0 Å². The Morgan fingerprint density at radius 1 is 0.774 bits per heavy atom. The number of phenolic OH excluding ortho intramolecular Hbond substituents is 4. The zero-order valence-electron chi connectivity index (χ0n) is 19.4. The molecule has 4 heteroatoms. The van der Waals surface area contributed by atoms with Gasteiger partial charge in [-0.25, -0.2) is 0 Å². The van der Waals surface area contributed by atoms with Crippen molar-refractivity contribution in [3.63, 3.8) is 0 Å². The molecule has 2 aliphatic rings. The fourth-order valence-electron chi connectivity index (χ4n) is 7.76. The highest BCUT2D eigenvalue weighted by Crippen LogP contribution is 2.71. The predicted molar refractivity (Wildman–Crippen MR) is 123 cm³/mol. The van der Waals surface area contributed by atoms with Crippen molar-refractivity contribution < 1.29 is 20.4 Å². The van der Waals surface area contributed by atoms with Crippen molar-refractivity contribution in [2.45, 2.75) is 89.4 Å². The average molecular weight is 425 g/mol. The molecule has 2 aliphatic carbocycles. The van der Waals surface area contributed by atoms with E-state index in [1.165, 1.54) is 12.1 Å². The van der Waals surface area contributed by atoms with E-state index >= 15 is 0 Å². The minimum Gasteiger partial charge on any atom is -0.508 e. The summed E-state index contributed by atoms with van der Waals surface area (Å²) in [7, 11) is 0. The minimum absolute atomic E-state index is 0.0511. The van der Waals surface area contributed by atoms with E-state index in [1.54, 1.807) is 0 Å². The highest BCUT2D eigenvalue weighted by atomic mass is 16.3. The molecule has 0 aromatic heterocycles. The largest absolute Gasteiger partial charge is 0.508 e. The van der Waals surface area contributed by atoms with E-state index in [0.717, 1.165) is 60.8 Å². The molecule has 4 atom stereocenters. The molecule has 2 aromatic rings. The number of hydrogen-bond acceptors (Lipinski definition) is 4. The molecular weight excluding hydrogens is 388 g/mol. The van der Waals surface area contributed by atoms with Gasteiger partial charge in [0.25, 0.3) is 0 Å². The number of hydrogen-bond donors (Lipinski definition) is 4. The summed E-state index contributed by atoms with van der Waals surface area (Å²) in [5, 5.41) is 43.2. The molecule has 0 aliphatic heterocycles. The molecule has 0 amide bonds. The van der Waals surface area contributed by atoms with Crippen molar-refractivity contribution in [2.75, 3.05) is 0 Å². The molecule has 4 N–H and O–H groups in total. The number of rotatable bonds is 5. The maximum atomic E-state index is 11.2. The van der Waals surface area contributed by atoms with Gasteiger partial charge >= 0.3 is 0 Å². The second-order valence-electron chi connectivity index (χ2n) is 10.4. The standard InChI is InChI=1S/C27H36O4/c1-6-9-25(4)15-27(19-12-17(29)13-20(30)23(19)25)22(8-3)26(5,10-7-2)18-11-16(28)14-21(31)24(18)27/h11-14,22,28-31H,6-10,15H2,1-5H3. The van der Waals surface area contributed by atoms with Crippen LogP contribution in [-0.2, 0) is 16.2 Å². The molecule has 31 heavy (non-hydrogen) atoms. The molecule has 4 nitrogen and oxygen atoms in total. The predicted octanol–water partition coefficient (Wildman–Crippen LogP) is 6.35. The van der Waals surface area contributed by atoms with Crippen LogP contribution in [0.1, 0.15) is 95.4 Å². The Morgan fingerprint density at radius 3 is 1.87 bits per heavy atom. The minimum atomic E-state index is -0.527. The van der Waals surface area contributed by atoms with Gasteiger partial charge in [0.2, 0.25) is 0 Å². The van der Waals surface area contributed by atoms with Crippen molar-refractivity contribution in [1.29, 1.82) is 0 Å². The van der Waals surface area contributed by atoms with Crippen molar-refractivity contribution in [3.05, 3.63) is 46.5 Å². The summed E-state index contributed by atoms with van der Waals surface area (Å²) in [6.45, 7) is 11.0. The van der Waals surface area contributed by atoms with Gasteiger partial charge in [-0.15, -0.1) is 0 Å². The molecular formula is C27H36O4. The van der Waals surface area contributed by atoms with Gasteiger partial charge in [0.05, 0.1) is 0 Å². The van der Waals surface area contributed by atoms with E-state index in [9.17, 15) is 20.4 Å². The van der Waals surface area contributed by atoms with Crippen LogP contribution in [0, 0.1) is 5.92 Å². The van der Waals surface area contributed by atoms with Gasteiger partial charge < -0.3 is 20.4 Å². The van der Waals surface area contributed by atoms with Crippen LogP contribution in [-0.4, -0.2) is 20.4 Å². The lowest BCUT2D eigenvalue weighted by Gasteiger charge is -2.42. The highest BCUT2D eigenvalue weighted by Gasteiger charge is 2.64. The molecule has 0 saturated heterocycles. The summed E-state index contributed by atoms with van der Waals surface area (Å²) >= 11 is 0. The van der Waals surface area contributed by atoms with Crippen molar-refractivity contribution in [3.8, 4) is 23.0 Å². The zero-order valence-corrected chi connectivity index (χ0v) is 19.4. The Kier molecular flexibility index (Phi) is 4.99. The van der Waals surface area contributed by atoms with E-state index in [2.05, 4.69) is 34.6 Å². The summed E-state index contributed by atoms with van der Waals surface area (Å²) in [6, 6.07) is 6.54. The Balaban J connectivity index is 2.15. The third-order valence-corrected chi connectivity index (χ3v) is 8.36. The Hall–Kier alpha value is -2.36. The topological polar surface area (TPSA) is 80.9 Å². The Bertz CT molecular complexity index is 1030. The third kappa shape index (κ3) is 2.73. The molecule has 0 fully saturated rings. The average Bonchev–Trinajstić information content (AvgIpc) is 3.02. The molecule has 0 bridgehead atoms. The maximum Gasteiger partial charge on any atom is 0.123 e. The molecule has 0 heterocycles.